The van der Waals surface area contributed by atoms with Gasteiger partial charge in [0.25, 0.3) is 0 Å². The van der Waals surface area contributed by atoms with E-state index in [0.717, 1.165) is 12.8 Å². The average molecular weight is 284 g/mol. The van der Waals surface area contributed by atoms with Crippen molar-refractivity contribution in [3.8, 4) is 5.75 Å². The number of anilines is 1. The van der Waals surface area contributed by atoms with E-state index in [1.54, 1.807) is 13.1 Å². The molecule has 5 nitrogen and oxygen atoms in total. The van der Waals surface area contributed by atoms with E-state index in [1.807, 2.05) is 0 Å². The van der Waals surface area contributed by atoms with E-state index in [0.29, 0.717) is 18.0 Å². The summed E-state index contributed by atoms with van der Waals surface area (Å²) in [5.74, 6) is 0.362. The lowest BCUT2D eigenvalue weighted by Crippen LogP contribution is -2.28. The molecule has 0 radical (unpaired) electrons. The number of hydrogen-bond acceptors (Lipinski definition) is 4. The third kappa shape index (κ3) is 3.71. The Kier molecular flexibility index (Phi) is 5.38. The Labute approximate surface area is 114 Å². The number of allylic oxidation sites excluding steroid dienone is 1. The molecule has 0 spiro atoms. The first-order valence-electron chi connectivity index (χ1n) is 5.94. The molecule has 0 aromatic heterocycles. The van der Waals surface area contributed by atoms with Crippen LogP contribution < -0.4 is 10.5 Å². The zero-order chi connectivity index (χ0) is 14.5. The van der Waals surface area contributed by atoms with Crippen LogP contribution in [0.4, 0.5) is 5.69 Å². The van der Waals surface area contributed by atoms with E-state index in [2.05, 4.69) is 6.58 Å². The average Bonchev–Trinajstić information content (AvgIpc) is 2.39. The van der Waals surface area contributed by atoms with Crippen molar-refractivity contribution in [1.82, 2.24) is 4.31 Å². The fourth-order valence-electron chi connectivity index (χ4n) is 1.61. The van der Waals surface area contributed by atoms with Crippen molar-refractivity contribution in [3.05, 3.63) is 30.9 Å². The minimum absolute atomic E-state index is 0.180. The highest BCUT2D eigenvalue weighted by Gasteiger charge is 2.21. The van der Waals surface area contributed by atoms with Gasteiger partial charge in [0.05, 0.1) is 17.7 Å². The van der Waals surface area contributed by atoms with Crippen LogP contribution in [0.3, 0.4) is 0 Å². The van der Waals surface area contributed by atoms with E-state index >= 15 is 0 Å². The number of nitrogens with two attached hydrogens (primary N) is 1. The Morgan fingerprint density at radius 2 is 2.16 bits per heavy atom. The second kappa shape index (κ2) is 6.58. The van der Waals surface area contributed by atoms with E-state index in [1.165, 1.54) is 29.6 Å². The molecule has 6 heteroatoms. The van der Waals surface area contributed by atoms with Crippen molar-refractivity contribution in [3.63, 3.8) is 0 Å². The number of rotatable bonds is 7. The number of sulfonamides is 1. The summed E-state index contributed by atoms with van der Waals surface area (Å²) >= 11 is 0. The van der Waals surface area contributed by atoms with Crippen molar-refractivity contribution in [2.45, 2.75) is 17.7 Å². The van der Waals surface area contributed by atoms with Gasteiger partial charge in [-0.15, -0.1) is 6.58 Å². The molecule has 0 fully saturated rings. The molecule has 0 saturated carbocycles. The van der Waals surface area contributed by atoms with Gasteiger partial charge in [0, 0.05) is 19.7 Å². The van der Waals surface area contributed by atoms with Crippen molar-refractivity contribution >= 4 is 15.7 Å². The monoisotopic (exact) mass is 284 g/mol. The highest BCUT2D eigenvalue weighted by Crippen LogP contribution is 2.26. The van der Waals surface area contributed by atoms with Gasteiger partial charge < -0.3 is 10.5 Å². The summed E-state index contributed by atoms with van der Waals surface area (Å²) < 4.78 is 31.0. The van der Waals surface area contributed by atoms with Gasteiger partial charge in [-0.1, -0.05) is 6.08 Å². The maximum atomic E-state index is 12.3. The molecule has 106 valence electrons. The summed E-state index contributed by atoms with van der Waals surface area (Å²) in [7, 11) is -0.494. The molecule has 0 heterocycles. The third-order valence-corrected chi connectivity index (χ3v) is 4.65. The zero-order valence-corrected chi connectivity index (χ0v) is 12.1. The second-order valence-corrected chi connectivity index (χ2v) is 6.21. The van der Waals surface area contributed by atoms with E-state index in [4.69, 9.17) is 10.5 Å². The predicted molar refractivity (Wildman–Crippen MR) is 76.7 cm³/mol. The standard InChI is InChI=1S/C13H20N2O3S/c1-4-5-6-9-15(2)19(16,17)11-7-8-12(14)13(10-11)18-3/h4,7-8,10H,1,5-6,9,14H2,2-3H3. The lowest BCUT2D eigenvalue weighted by Gasteiger charge is -2.17. The molecule has 1 aromatic rings. The SMILES string of the molecule is C=CCCCN(C)S(=O)(=O)c1ccc(N)c(OC)c1. The summed E-state index contributed by atoms with van der Waals surface area (Å²) in [4.78, 5) is 0.180. The van der Waals surface area contributed by atoms with Crippen LogP contribution in [0.2, 0.25) is 0 Å². The lowest BCUT2D eigenvalue weighted by atomic mass is 10.3. The number of unbranched alkanes of at least 4 members (excludes halogenated alkanes) is 1. The molecule has 0 saturated heterocycles. The van der Waals surface area contributed by atoms with Gasteiger partial charge >= 0.3 is 0 Å². The first kappa shape index (κ1) is 15.5. The van der Waals surface area contributed by atoms with E-state index in [-0.39, 0.29) is 4.90 Å². The maximum absolute atomic E-state index is 12.3. The van der Waals surface area contributed by atoms with Crippen LogP contribution in [0.1, 0.15) is 12.8 Å². The first-order chi connectivity index (χ1) is 8.93. The first-order valence-corrected chi connectivity index (χ1v) is 7.38. The Morgan fingerprint density at radius 3 is 2.74 bits per heavy atom. The minimum atomic E-state index is -3.51. The van der Waals surface area contributed by atoms with Gasteiger partial charge in [-0.05, 0) is 25.0 Å². The molecular formula is C13H20N2O3S. The number of hydrogen-bond donors (Lipinski definition) is 1. The van der Waals surface area contributed by atoms with Gasteiger partial charge in [-0.25, -0.2) is 12.7 Å². The summed E-state index contributed by atoms with van der Waals surface area (Å²) in [6, 6.07) is 4.45. The molecular weight excluding hydrogens is 264 g/mol. The molecule has 0 amide bonds. The largest absolute Gasteiger partial charge is 0.495 e. The van der Waals surface area contributed by atoms with Crippen LogP contribution >= 0.6 is 0 Å². The molecule has 0 unspecified atom stereocenters. The van der Waals surface area contributed by atoms with Crippen molar-refractivity contribution < 1.29 is 13.2 Å². The molecule has 1 rings (SSSR count). The van der Waals surface area contributed by atoms with Crippen molar-refractivity contribution in [1.29, 1.82) is 0 Å². The Balaban J connectivity index is 2.96. The predicted octanol–water partition coefficient (Wildman–Crippen LogP) is 1.86. The van der Waals surface area contributed by atoms with Crippen LogP contribution in [0, 0.1) is 0 Å². The van der Waals surface area contributed by atoms with Gasteiger partial charge in [0.2, 0.25) is 10.0 Å². The highest BCUT2D eigenvalue weighted by molar-refractivity contribution is 7.89. The van der Waals surface area contributed by atoms with Crippen LogP contribution in [0.25, 0.3) is 0 Å². The normalized spacial score (nSPS) is 11.5. The minimum Gasteiger partial charge on any atom is -0.495 e. The van der Waals surface area contributed by atoms with E-state index in [9.17, 15) is 8.42 Å². The number of nitrogens with zero attached hydrogens (tertiary/aromatic N) is 1. The molecule has 0 atom stereocenters. The van der Waals surface area contributed by atoms with Gasteiger partial charge in [-0.3, -0.25) is 0 Å². The summed E-state index contributed by atoms with van der Waals surface area (Å²) in [6.45, 7) is 4.06. The Bertz CT molecular complexity index is 541. The molecule has 19 heavy (non-hydrogen) atoms. The maximum Gasteiger partial charge on any atom is 0.242 e. The van der Waals surface area contributed by atoms with Gasteiger partial charge in [0.15, 0.2) is 0 Å². The Hall–Kier alpha value is -1.53. The van der Waals surface area contributed by atoms with Crippen LogP contribution in [-0.2, 0) is 10.0 Å². The number of benzene rings is 1. The smallest absolute Gasteiger partial charge is 0.242 e. The fourth-order valence-corrected chi connectivity index (χ4v) is 2.84. The number of nitrogen functional groups attached to an aromatic ring is 1. The molecule has 0 aliphatic heterocycles. The number of methoxy groups -OCH3 is 1. The zero-order valence-electron chi connectivity index (χ0n) is 11.3. The van der Waals surface area contributed by atoms with Gasteiger partial charge in [-0.2, -0.15) is 0 Å². The molecule has 0 aliphatic rings. The molecule has 0 bridgehead atoms. The quantitative estimate of drug-likeness (QED) is 0.471. The Morgan fingerprint density at radius 1 is 1.47 bits per heavy atom. The lowest BCUT2D eigenvalue weighted by molar-refractivity contribution is 0.414. The van der Waals surface area contributed by atoms with Crippen LogP contribution in [0.15, 0.2) is 35.7 Å². The highest BCUT2D eigenvalue weighted by atomic mass is 32.2. The van der Waals surface area contributed by atoms with Crippen molar-refractivity contribution in [2.24, 2.45) is 0 Å². The molecule has 1 aromatic carbocycles. The van der Waals surface area contributed by atoms with Gasteiger partial charge in [0.1, 0.15) is 5.75 Å². The van der Waals surface area contributed by atoms with E-state index < -0.39 is 10.0 Å². The molecule has 0 aliphatic carbocycles. The summed E-state index contributed by atoms with van der Waals surface area (Å²) in [5.41, 5.74) is 6.09. The fraction of sp³-hybridized carbons (Fsp3) is 0.385. The third-order valence-electron chi connectivity index (χ3n) is 2.79. The van der Waals surface area contributed by atoms with Crippen LogP contribution in [-0.4, -0.2) is 33.4 Å². The second-order valence-electron chi connectivity index (χ2n) is 4.16. The summed E-state index contributed by atoms with van der Waals surface area (Å²) in [5, 5.41) is 0. The molecule has 2 N–H and O–H groups in total. The number of ether oxygens (including phenoxy) is 1. The van der Waals surface area contributed by atoms with Crippen LogP contribution in [0.5, 0.6) is 5.75 Å². The topological polar surface area (TPSA) is 72.6 Å². The summed E-state index contributed by atoms with van der Waals surface area (Å²) in [6.07, 6.45) is 3.29. The van der Waals surface area contributed by atoms with Crippen molar-refractivity contribution in [2.75, 3.05) is 26.4 Å².